The molecule has 0 bridgehead atoms. The maximum atomic E-state index is 11.9. The second-order valence-corrected chi connectivity index (χ2v) is 6.29. The van der Waals surface area contributed by atoms with Gasteiger partial charge in [0.2, 0.25) is 0 Å². The summed E-state index contributed by atoms with van der Waals surface area (Å²) in [6.45, 7) is 2.20. The molecule has 0 aliphatic rings. The average Bonchev–Trinajstić information content (AvgIpc) is 2.29. The molecule has 1 aromatic carbocycles. The minimum absolute atomic E-state index is 0.143. The van der Waals surface area contributed by atoms with Gasteiger partial charge in [0.15, 0.2) is 9.84 Å². The van der Waals surface area contributed by atoms with Crippen LogP contribution in [0.25, 0.3) is 0 Å². The van der Waals surface area contributed by atoms with Gasteiger partial charge in [0.05, 0.1) is 10.6 Å². The minimum atomic E-state index is -3.14. The minimum Gasteiger partial charge on any atom is -0.314 e. The molecule has 1 aromatic rings. The molecule has 0 saturated carbocycles. The molecule has 0 heterocycles. The summed E-state index contributed by atoms with van der Waals surface area (Å²) in [5.74, 6) is 0.143. The number of hydrogen-bond donors (Lipinski definition) is 1. The van der Waals surface area contributed by atoms with Crippen molar-refractivity contribution in [2.45, 2.75) is 4.90 Å². The Kier molecular flexibility index (Phi) is 5.61. The van der Waals surface area contributed by atoms with Crippen LogP contribution in [0.3, 0.4) is 0 Å². The smallest absolute Gasteiger partial charge is 0.179 e. The van der Waals surface area contributed by atoms with Crippen molar-refractivity contribution in [1.82, 2.24) is 10.2 Å². The monoisotopic (exact) mass is 256 g/mol. The van der Waals surface area contributed by atoms with E-state index in [1.807, 2.05) is 20.2 Å². The van der Waals surface area contributed by atoms with Crippen LogP contribution in [0.4, 0.5) is 0 Å². The fraction of sp³-hybridized carbons (Fsp3) is 0.500. The normalized spacial score (nSPS) is 11.9. The molecule has 0 unspecified atom stereocenters. The van der Waals surface area contributed by atoms with Crippen LogP contribution < -0.4 is 5.32 Å². The Balaban J connectivity index is 2.36. The van der Waals surface area contributed by atoms with Gasteiger partial charge < -0.3 is 10.2 Å². The third-order valence-corrected chi connectivity index (χ3v) is 4.12. The van der Waals surface area contributed by atoms with Gasteiger partial charge in [-0.3, -0.25) is 0 Å². The van der Waals surface area contributed by atoms with Crippen molar-refractivity contribution in [2.24, 2.45) is 0 Å². The highest BCUT2D eigenvalue weighted by Gasteiger charge is 2.12. The van der Waals surface area contributed by atoms with E-state index in [4.69, 9.17) is 0 Å². The Hall–Kier alpha value is -0.910. The molecule has 1 N–H and O–H groups in total. The zero-order valence-electron chi connectivity index (χ0n) is 10.4. The highest BCUT2D eigenvalue weighted by molar-refractivity contribution is 7.91. The molecule has 96 valence electrons. The summed E-state index contributed by atoms with van der Waals surface area (Å²) in [6, 6.07) is 8.57. The van der Waals surface area contributed by atoms with Gasteiger partial charge in [-0.05, 0) is 26.2 Å². The summed E-state index contributed by atoms with van der Waals surface area (Å²) in [7, 11) is 0.840. The number of rotatable bonds is 7. The Morgan fingerprint density at radius 2 is 1.76 bits per heavy atom. The molecular weight excluding hydrogens is 236 g/mol. The Morgan fingerprint density at radius 1 is 1.12 bits per heavy atom. The van der Waals surface area contributed by atoms with Crippen LogP contribution in [0.2, 0.25) is 0 Å². The van der Waals surface area contributed by atoms with Gasteiger partial charge in [-0.1, -0.05) is 18.2 Å². The van der Waals surface area contributed by atoms with Crippen LogP contribution in [0.5, 0.6) is 0 Å². The SMILES string of the molecule is CN(C)CCNCCS(=O)(=O)c1ccccc1. The highest BCUT2D eigenvalue weighted by atomic mass is 32.2. The third-order valence-electron chi connectivity index (χ3n) is 2.39. The topological polar surface area (TPSA) is 49.4 Å². The molecule has 0 spiro atoms. The van der Waals surface area contributed by atoms with Crippen molar-refractivity contribution >= 4 is 9.84 Å². The fourth-order valence-corrected chi connectivity index (χ4v) is 2.60. The molecule has 1 rings (SSSR count). The lowest BCUT2D eigenvalue weighted by Crippen LogP contribution is -2.30. The van der Waals surface area contributed by atoms with Crippen molar-refractivity contribution in [2.75, 3.05) is 39.5 Å². The third kappa shape index (κ3) is 5.30. The summed E-state index contributed by atoms with van der Waals surface area (Å²) in [5.41, 5.74) is 0. The summed E-state index contributed by atoms with van der Waals surface area (Å²) < 4.78 is 23.8. The van der Waals surface area contributed by atoms with Crippen molar-refractivity contribution in [3.8, 4) is 0 Å². The number of nitrogens with zero attached hydrogens (tertiary/aromatic N) is 1. The number of nitrogens with one attached hydrogen (secondary N) is 1. The lowest BCUT2D eigenvalue weighted by Gasteiger charge is -2.10. The van der Waals surface area contributed by atoms with Gasteiger partial charge in [-0.25, -0.2) is 8.42 Å². The number of sulfone groups is 1. The second-order valence-electron chi connectivity index (χ2n) is 4.19. The molecule has 0 aromatic heterocycles. The fourth-order valence-electron chi connectivity index (χ4n) is 1.38. The summed E-state index contributed by atoms with van der Waals surface area (Å²) in [4.78, 5) is 2.45. The van der Waals surface area contributed by atoms with E-state index in [1.54, 1.807) is 24.3 Å². The van der Waals surface area contributed by atoms with E-state index in [0.29, 0.717) is 11.4 Å². The molecule has 4 nitrogen and oxygen atoms in total. The molecule has 5 heteroatoms. The van der Waals surface area contributed by atoms with Crippen molar-refractivity contribution in [1.29, 1.82) is 0 Å². The standard InChI is InChI=1S/C12H20N2O2S/c1-14(2)10-8-13-9-11-17(15,16)12-6-4-3-5-7-12/h3-7,13H,8-11H2,1-2H3. The highest BCUT2D eigenvalue weighted by Crippen LogP contribution is 2.08. The number of likely N-dealkylation sites (N-methyl/N-ethyl adjacent to an activating group) is 1. The first-order valence-electron chi connectivity index (χ1n) is 5.65. The van der Waals surface area contributed by atoms with Gasteiger partial charge >= 0.3 is 0 Å². The first-order chi connectivity index (χ1) is 8.02. The van der Waals surface area contributed by atoms with Crippen LogP contribution in [0.15, 0.2) is 35.2 Å². The summed E-state index contributed by atoms with van der Waals surface area (Å²) in [5, 5.41) is 3.12. The second kappa shape index (κ2) is 6.74. The van der Waals surface area contributed by atoms with Crippen molar-refractivity contribution in [3.63, 3.8) is 0 Å². The zero-order chi connectivity index (χ0) is 12.7. The maximum Gasteiger partial charge on any atom is 0.179 e. The summed E-state index contributed by atoms with van der Waals surface area (Å²) >= 11 is 0. The van der Waals surface area contributed by atoms with Crippen LogP contribution in [0.1, 0.15) is 0 Å². The zero-order valence-corrected chi connectivity index (χ0v) is 11.2. The lowest BCUT2D eigenvalue weighted by molar-refractivity contribution is 0.402. The van der Waals surface area contributed by atoms with Crippen LogP contribution in [-0.4, -0.2) is 52.8 Å². The van der Waals surface area contributed by atoms with Gasteiger partial charge in [0, 0.05) is 19.6 Å². The molecule has 0 atom stereocenters. The largest absolute Gasteiger partial charge is 0.314 e. The molecule has 0 fully saturated rings. The van der Waals surface area contributed by atoms with Crippen molar-refractivity contribution < 1.29 is 8.42 Å². The predicted octanol–water partition coefficient (Wildman–Crippen LogP) is 0.612. The van der Waals surface area contributed by atoms with E-state index in [-0.39, 0.29) is 5.75 Å². The molecule has 17 heavy (non-hydrogen) atoms. The lowest BCUT2D eigenvalue weighted by atomic mass is 10.4. The van der Waals surface area contributed by atoms with E-state index in [0.717, 1.165) is 13.1 Å². The van der Waals surface area contributed by atoms with Gasteiger partial charge in [-0.15, -0.1) is 0 Å². The molecule has 0 amide bonds. The van der Waals surface area contributed by atoms with E-state index < -0.39 is 9.84 Å². The van der Waals surface area contributed by atoms with E-state index in [1.165, 1.54) is 0 Å². The Labute approximate surface area is 104 Å². The molecule has 0 aliphatic heterocycles. The van der Waals surface area contributed by atoms with E-state index >= 15 is 0 Å². The Bertz CT molecular complexity index is 415. The Morgan fingerprint density at radius 3 is 2.35 bits per heavy atom. The number of benzene rings is 1. The van der Waals surface area contributed by atoms with Gasteiger partial charge in [0.1, 0.15) is 0 Å². The van der Waals surface area contributed by atoms with Gasteiger partial charge in [-0.2, -0.15) is 0 Å². The molecule has 0 radical (unpaired) electrons. The van der Waals surface area contributed by atoms with Crippen LogP contribution >= 0.6 is 0 Å². The first kappa shape index (κ1) is 14.2. The predicted molar refractivity (Wildman–Crippen MR) is 69.9 cm³/mol. The van der Waals surface area contributed by atoms with Crippen molar-refractivity contribution in [3.05, 3.63) is 30.3 Å². The van der Waals surface area contributed by atoms with Crippen LogP contribution in [-0.2, 0) is 9.84 Å². The number of hydrogen-bond acceptors (Lipinski definition) is 4. The quantitative estimate of drug-likeness (QED) is 0.726. The first-order valence-corrected chi connectivity index (χ1v) is 7.31. The summed E-state index contributed by atoms with van der Waals surface area (Å²) in [6.07, 6.45) is 0. The van der Waals surface area contributed by atoms with Gasteiger partial charge in [0.25, 0.3) is 0 Å². The maximum absolute atomic E-state index is 11.9. The molecular formula is C12H20N2O2S. The van der Waals surface area contributed by atoms with E-state index in [9.17, 15) is 8.42 Å². The molecule has 0 saturated heterocycles. The van der Waals surface area contributed by atoms with Crippen LogP contribution in [0, 0.1) is 0 Å². The van der Waals surface area contributed by atoms with E-state index in [2.05, 4.69) is 10.2 Å². The average molecular weight is 256 g/mol. The molecule has 0 aliphatic carbocycles.